The molecular weight excluding hydrogens is 270 g/mol. The van der Waals surface area contributed by atoms with Crippen molar-refractivity contribution in [2.45, 2.75) is 6.92 Å². The lowest BCUT2D eigenvalue weighted by Crippen LogP contribution is -2.29. The number of anilines is 2. The molecule has 2 amide bonds. The van der Waals surface area contributed by atoms with Crippen LogP contribution < -0.4 is 15.4 Å². The quantitative estimate of drug-likeness (QED) is 0.845. The molecule has 21 heavy (non-hydrogen) atoms. The zero-order valence-corrected chi connectivity index (χ0v) is 11.7. The average Bonchev–Trinajstić information content (AvgIpc) is 2.50. The smallest absolute Gasteiger partial charge is 0.315 e. The summed E-state index contributed by atoms with van der Waals surface area (Å²) in [5.41, 5.74) is 1.48. The maximum Gasteiger partial charge on any atom is 0.315 e. The van der Waals surface area contributed by atoms with Crippen molar-refractivity contribution in [2.75, 3.05) is 17.7 Å². The van der Waals surface area contributed by atoms with Gasteiger partial charge in [0.1, 0.15) is 11.6 Å². The maximum atomic E-state index is 11.8. The van der Waals surface area contributed by atoms with Gasteiger partial charge in [0.05, 0.1) is 7.11 Å². The molecule has 0 saturated heterocycles. The van der Waals surface area contributed by atoms with Gasteiger partial charge in [0, 0.05) is 11.9 Å². The Morgan fingerprint density at radius 1 is 1.00 bits per heavy atom. The number of methoxy groups -OCH3 is 1. The predicted molar refractivity (Wildman–Crippen MR) is 79.2 cm³/mol. The van der Waals surface area contributed by atoms with E-state index in [4.69, 9.17) is 4.74 Å². The van der Waals surface area contributed by atoms with E-state index in [0.29, 0.717) is 17.3 Å². The van der Waals surface area contributed by atoms with Gasteiger partial charge in [-0.2, -0.15) is 0 Å². The molecule has 1 aromatic carbocycles. The van der Waals surface area contributed by atoms with Gasteiger partial charge < -0.3 is 15.4 Å². The average molecular weight is 285 g/mol. The highest BCUT2D eigenvalue weighted by molar-refractivity contribution is 6.43. The van der Waals surface area contributed by atoms with Crippen molar-refractivity contribution in [3.05, 3.63) is 48.2 Å². The molecule has 0 aliphatic heterocycles. The van der Waals surface area contributed by atoms with Crippen molar-refractivity contribution in [3.8, 4) is 5.75 Å². The highest BCUT2D eigenvalue weighted by Crippen LogP contribution is 2.15. The van der Waals surface area contributed by atoms with Gasteiger partial charge in [-0.05, 0) is 42.8 Å². The summed E-state index contributed by atoms with van der Waals surface area (Å²) in [4.78, 5) is 27.5. The molecule has 0 bridgehead atoms. The number of carbonyl (C=O) groups is 2. The molecule has 0 spiro atoms. The number of amides is 2. The number of pyridine rings is 1. The SMILES string of the molecule is COc1ccc(NC(=O)C(=O)Nc2ccc(C)cn2)cc1. The predicted octanol–water partition coefficient (Wildman–Crippen LogP) is 1.98. The van der Waals surface area contributed by atoms with Gasteiger partial charge in [-0.3, -0.25) is 9.59 Å². The fourth-order valence-corrected chi connectivity index (χ4v) is 1.58. The molecule has 0 aliphatic carbocycles. The van der Waals surface area contributed by atoms with Crippen LogP contribution in [0.1, 0.15) is 5.56 Å². The third-order valence-electron chi connectivity index (χ3n) is 2.71. The summed E-state index contributed by atoms with van der Waals surface area (Å²) in [6, 6.07) is 10.1. The van der Waals surface area contributed by atoms with E-state index in [2.05, 4.69) is 15.6 Å². The number of aromatic nitrogens is 1. The van der Waals surface area contributed by atoms with Gasteiger partial charge in [0.15, 0.2) is 0 Å². The van der Waals surface area contributed by atoms with Crippen molar-refractivity contribution in [2.24, 2.45) is 0 Å². The molecular formula is C15H15N3O3. The van der Waals surface area contributed by atoms with E-state index in [9.17, 15) is 9.59 Å². The number of rotatable bonds is 3. The highest BCUT2D eigenvalue weighted by atomic mass is 16.5. The third-order valence-corrected chi connectivity index (χ3v) is 2.71. The Kier molecular flexibility index (Phi) is 4.50. The molecule has 0 aliphatic rings. The van der Waals surface area contributed by atoms with Crippen LogP contribution in [-0.2, 0) is 9.59 Å². The molecule has 0 saturated carbocycles. The fraction of sp³-hybridized carbons (Fsp3) is 0.133. The lowest BCUT2D eigenvalue weighted by atomic mass is 10.3. The van der Waals surface area contributed by atoms with Gasteiger partial charge >= 0.3 is 11.8 Å². The number of benzene rings is 1. The van der Waals surface area contributed by atoms with Crippen molar-refractivity contribution >= 4 is 23.3 Å². The molecule has 0 radical (unpaired) electrons. The Balaban J connectivity index is 1.95. The summed E-state index contributed by atoms with van der Waals surface area (Å²) in [6.45, 7) is 1.88. The highest BCUT2D eigenvalue weighted by Gasteiger charge is 2.14. The van der Waals surface area contributed by atoms with Crippen LogP contribution in [0.4, 0.5) is 11.5 Å². The van der Waals surface area contributed by atoms with E-state index in [0.717, 1.165) is 5.56 Å². The minimum atomic E-state index is -0.776. The molecule has 0 atom stereocenters. The monoisotopic (exact) mass is 285 g/mol. The number of nitrogens with one attached hydrogen (secondary N) is 2. The number of hydrogen-bond donors (Lipinski definition) is 2. The van der Waals surface area contributed by atoms with E-state index in [1.165, 1.54) is 0 Å². The number of nitrogens with zero attached hydrogens (tertiary/aromatic N) is 1. The largest absolute Gasteiger partial charge is 0.497 e. The third kappa shape index (κ3) is 4.04. The number of ether oxygens (including phenoxy) is 1. The van der Waals surface area contributed by atoms with Crippen LogP contribution in [0.3, 0.4) is 0 Å². The molecule has 2 N–H and O–H groups in total. The van der Waals surface area contributed by atoms with Crippen LogP contribution in [0.25, 0.3) is 0 Å². The lowest BCUT2D eigenvalue weighted by Gasteiger charge is -2.07. The first-order valence-corrected chi connectivity index (χ1v) is 6.27. The molecule has 6 heteroatoms. The van der Waals surface area contributed by atoms with Crippen molar-refractivity contribution in [1.82, 2.24) is 4.98 Å². The van der Waals surface area contributed by atoms with Crippen LogP contribution in [0.2, 0.25) is 0 Å². The molecule has 0 unspecified atom stereocenters. The maximum absolute atomic E-state index is 11.8. The number of carbonyl (C=O) groups excluding carboxylic acids is 2. The summed E-state index contributed by atoms with van der Waals surface area (Å²) in [7, 11) is 1.55. The van der Waals surface area contributed by atoms with E-state index in [-0.39, 0.29) is 0 Å². The second-order valence-electron chi connectivity index (χ2n) is 4.36. The Labute approximate surface area is 122 Å². The minimum Gasteiger partial charge on any atom is -0.497 e. The first-order chi connectivity index (χ1) is 10.1. The van der Waals surface area contributed by atoms with Crippen molar-refractivity contribution < 1.29 is 14.3 Å². The first-order valence-electron chi connectivity index (χ1n) is 6.27. The molecule has 1 heterocycles. The Morgan fingerprint density at radius 3 is 2.24 bits per heavy atom. The topological polar surface area (TPSA) is 80.3 Å². The zero-order chi connectivity index (χ0) is 15.2. The summed E-state index contributed by atoms with van der Waals surface area (Å²) < 4.78 is 5.01. The fourth-order valence-electron chi connectivity index (χ4n) is 1.58. The lowest BCUT2D eigenvalue weighted by molar-refractivity contribution is -0.133. The standard InChI is InChI=1S/C15H15N3O3/c1-10-3-8-13(16-9-10)18-15(20)14(19)17-11-4-6-12(21-2)7-5-11/h3-9H,1-2H3,(H,17,19)(H,16,18,20). The Morgan fingerprint density at radius 2 is 1.67 bits per heavy atom. The van der Waals surface area contributed by atoms with Gasteiger partial charge in [-0.15, -0.1) is 0 Å². The molecule has 1 aromatic heterocycles. The van der Waals surface area contributed by atoms with E-state index in [1.54, 1.807) is 49.7 Å². The Hall–Kier alpha value is -2.89. The number of hydrogen-bond acceptors (Lipinski definition) is 4. The Bertz CT molecular complexity index is 636. The normalized spacial score (nSPS) is 9.81. The van der Waals surface area contributed by atoms with Crippen LogP contribution in [-0.4, -0.2) is 23.9 Å². The van der Waals surface area contributed by atoms with Crippen LogP contribution in [0, 0.1) is 6.92 Å². The number of aryl methyl sites for hydroxylation is 1. The summed E-state index contributed by atoms with van der Waals surface area (Å²) in [6.07, 6.45) is 1.61. The van der Waals surface area contributed by atoms with Crippen molar-refractivity contribution in [1.29, 1.82) is 0 Å². The summed E-state index contributed by atoms with van der Waals surface area (Å²) >= 11 is 0. The van der Waals surface area contributed by atoms with E-state index < -0.39 is 11.8 Å². The van der Waals surface area contributed by atoms with Gasteiger partial charge in [0.25, 0.3) is 0 Å². The molecule has 2 rings (SSSR count). The molecule has 6 nitrogen and oxygen atoms in total. The van der Waals surface area contributed by atoms with Gasteiger partial charge in [-0.25, -0.2) is 4.98 Å². The van der Waals surface area contributed by atoms with Crippen LogP contribution in [0.15, 0.2) is 42.6 Å². The van der Waals surface area contributed by atoms with Crippen LogP contribution in [0.5, 0.6) is 5.75 Å². The summed E-state index contributed by atoms with van der Waals surface area (Å²) in [5.74, 6) is -0.540. The summed E-state index contributed by atoms with van der Waals surface area (Å²) in [5, 5.41) is 4.92. The second kappa shape index (κ2) is 6.51. The zero-order valence-electron chi connectivity index (χ0n) is 11.7. The first kappa shape index (κ1) is 14.5. The molecule has 0 fully saturated rings. The van der Waals surface area contributed by atoms with Crippen LogP contribution >= 0.6 is 0 Å². The second-order valence-corrected chi connectivity index (χ2v) is 4.36. The molecule has 108 valence electrons. The van der Waals surface area contributed by atoms with Crippen molar-refractivity contribution in [3.63, 3.8) is 0 Å². The molecule has 2 aromatic rings. The minimum absolute atomic E-state index is 0.329. The van der Waals surface area contributed by atoms with E-state index in [1.807, 2.05) is 6.92 Å². The van der Waals surface area contributed by atoms with Gasteiger partial charge in [0.2, 0.25) is 0 Å². The van der Waals surface area contributed by atoms with Gasteiger partial charge in [-0.1, -0.05) is 6.07 Å². The van der Waals surface area contributed by atoms with E-state index >= 15 is 0 Å².